The van der Waals surface area contributed by atoms with Crippen molar-refractivity contribution in [3.8, 4) is 0 Å². The average Bonchev–Trinajstić information content (AvgIpc) is 2.16. The molecule has 0 rings (SSSR count). The van der Waals surface area contributed by atoms with E-state index in [0.717, 1.165) is 0 Å². The quantitative estimate of drug-likeness (QED) is 0.212. The number of nitrogens with two attached hydrogens (primary N) is 1. The Labute approximate surface area is 123 Å². The lowest BCUT2D eigenvalue weighted by Gasteiger charge is -2.34. The van der Waals surface area contributed by atoms with Gasteiger partial charge in [0.05, 0.1) is 0 Å². The average molecular weight is 409 g/mol. The van der Waals surface area contributed by atoms with E-state index in [1.807, 2.05) is 0 Å². The van der Waals surface area contributed by atoms with Crippen LogP contribution in [-0.4, -0.2) is 45.9 Å². The van der Waals surface area contributed by atoms with Crippen LogP contribution in [0.4, 0.5) is 0 Å². The normalized spacial score (nSPS) is 17.3. The second kappa shape index (κ2) is 7.18. The monoisotopic (exact) mass is 409 g/mol. The van der Waals surface area contributed by atoms with Crippen LogP contribution in [0.15, 0.2) is 0 Å². The molecular weight excluding hydrogens is 394 g/mol. The van der Waals surface area contributed by atoms with E-state index in [9.17, 15) is 18.3 Å². The molecule has 0 saturated carbocycles. The Hall–Kier alpha value is 0.520. The van der Waals surface area contributed by atoms with Crippen molar-refractivity contribution in [2.24, 2.45) is 5.73 Å². The molecule has 0 aliphatic heterocycles. The van der Waals surface area contributed by atoms with Crippen molar-refractivity contribution in [2.75, 3.05) is 6.54 Å². The van der Waals surface area contributed by atoms with E-state index in [4.69, 9.17) is 40.0 Å². The van der Waals surface area contributed by atoms with Crippen LogP contribution >= 0.6 is 30.8 Å². The molecule has 18 heteroatoms. The zero-order valence-electron chi connectivity index (χ0n) is 10.6. The third-order valence-corrected chi connectivity index (χ3v) is 8.61. The van der Waals surface area contributed by atoms with Crippen molar-refractivity contribution in [2.45, 2.75) is 17.9 Å². The van der Waals surface area contributed by atoms with Crippen LogP contribution in [0, 0.1) is 0 Å². The summed E-state index contributed by atoms with van der Waals surface area (Å²) in [4.78, 5) is 62.4. The zero-order valence-corrected chi connectivity index (χ0v) is 14.1. The van der Waals surface area contributed by atoms with Gasteiger partial charge in [-0.15, -0.1) is 0 Å². The van der Waals surface area contributed by atoms with E-state index in [0.29, 0.717) is 0 Å². The lowest BCUT2D eigenvalue weighted by Crippen LogP contribution is -2.32. The maximum absolute atomic E-state index is 11.4. The Morgan fingerprint density at radius 2 is 1.27 bits per heavy atom. The van der Waals surface area contributed by atoms with Crippen LogP contribution in [0.5, 0.6) is 0 Å². The van der Waals surface area contributed by atoms with Gasteiger partial charge in [0, 0.05) is 6.42 Å². The highest BCUT2D eigenvalue weighted by Crippen LogP contribution is 2.76. The fourth-order valence-electron chi connectivity index (χ4n) is 1.28. The molecule has 0 radical (unpaired) electrons. The summed E-state index contributed by atoms with van der Waals surface area (Å²) in [5.41, 5.74) is 5.04. The van der Waals surface area contributed by atoms with Gasteiger partial charge in [-0.25, -0.2) is 9.13 Å². The molecule has 0 saturated heterocycles. The molecule has 14 nitrogen and oxygen atoms in total. The largest absolute Gasteiger partial charge is 0.482 e. The summed E-state index contributed by atoms with van der Waals surface area (Å²) in [7, 11) is -23.5. The lowest BCUT2D eigenvalue weighted by atomic mass is 10.3. The molecular formula is C4H15NO13P4. The maximum Gasteiger partial charge on any atom is 0.482 e. The molecule has 0 aliphatic rings. The summed E-state index contributed by atoms with van der Waals surface area (Å²) in [6, 6.07) is 0. The van der Waals surface area contributed by atoms with E-state index in [1.54, 1.807) is 0 Å². The Balaban J connectivity index is 5.99. The van der Waals surface area contributed by atoms with Gasteiger partial charge in [0.2, 0.25) is 0 Å². The maximum atomic E-state index is 11.4. The molecule has 0 aromatic carbocycles. The summed E-state index contributed by atoms with van der Waals surface area (Å²) in [5, 5.41) is -3.85. The lowest BCUT2D eigenvalue weighted by molar-refractivity contribution is 0.0960. The molecule has 134 valence electrons. The Morgan fingerprint density at radius 1 is 0.864 bits per heavy atom. The van der Waals surface area contributed by atoms with Crippen LogP contribution in [-0.2, 0) is 27.1 Å². The number of phosphoric acid groups is 2. The highest BCUT2D eigenvalue weighted by Gasteiger charge is 2.65. The molecule has 0 heterocycles. The summed E-state index contributed by atoms with van der Waals surface area (Å²) >= 11 is 0. The van der Waals surface area contributed by atoms with Crippen molar-refractivity contribution in [1.82, 2.24) is 0 Å². The second-order valence-electron chi connectivity index (χ2n) is 3.86. The second-order valence-corrected chi connectivity index (χ2v) is 10.6. The summed E-state index contributed by atoms with van der Waals surface area (Å²) in [5.74, 6) is 0. The van der Waals surface area contributed by atoms with E-state index < -0.39 is 48.8 Å². The van der Waals surface area contributed by atoms with E-state index in [2.05, 4.69) is 8.83 Å². The zero-order chi connectivity index (χ0) is 18.0. The van der Waals surface area contributed by atoms with Crippen molar-refractivity contribution in [1.29, 1.82) is 0 Å². The van der Waals surface area contributed by atoms with Crippen molar-refractivity contribution in [3.05, 3.63) is 0 Å². The number of hydrogen-bond acceptors (Lipinski definition) is 7. The third-order valence-electron chi connectivity index (χ3n) is 2.09. The van der Waals surface area contributed by atoms with Crippen LogP contribution in [0.2, 0.25) is 0 Å². The molecule has 22 heavy (non-hydrogen) atoms. The van der Waals surface area contributed by atoms with Gasteiger partial charge in [-0.1, -0.05) is 0 Å². The minimum atomic E-state index is -5.96. The first-order valence-electron chi connectivity index (χ1n) is 5.09. The minimum Gasteiger partial charge on any atom is -0.330 e. The number of rotatable bonds is 9. The highest BCUT2D eigenvalue weighted by atomic mass is 31.3. The van der Waals surface area contributed by atoms with Gasteiger partial charge >= 0.3 is 30.8 Å². The van der Waals surface area contributed by atoms with Crippen LogP contribution < -0.4 is 5.73 Å². The molecule has 0 amide bonds. The van der Waals surface area contributed by atoms with Crippen LogP contribution in [0.3, 0.4) is 0 Å². The van der Waals surface area contributed by atoms with Crippen molar-refractivity contribution >= 4 is 30.8 Å². The van der Waals surface area contributed by atoms with E-state index in [1.165, 1.54) is 0 Å². The Bertz CT molecular complexity index is 547. The SMILES string of the molecule is NCCCC(OP(=O)(O)OP(=O)(O)O)(P(=O)(O)O)P(=O)(O)O. The molecule has 0 aromatic rings. The fraction of sp³-hybridized carbons (Fsp3) is 1.00. The molecule has 0 spiro atoms. The molecule has 0 aromatic heterocycles. The Kier molecular flexibility index (Phi) is 7.35. The smallest absolute Gasteiger partial charge is 0.330 e. The molecule has 9 N–H and O–H groups in total. The van der Waals surface area contributed by atoms with Crippen molar-refractivity contribution < 1.29 is 61.3 Å². The van der Waals surface area contributed by atoms with Gasteiger partial charge in [-0.3, -0.25) is 13.7 Å². The molecule has 0 aliphatic carbocycles. The predicted molar refractivity (Wildman–Crippen MR) is 69.1 cm³/mol. The van der Waals surface area contributed by atoms with Crippen LogP contribution in [0.25, 0.3) is 0 Å². The first-order chi connectivity index (χ1) is 9.47. The first kappa shape index (κ1) is 22.5. The number of hydrogen-bond donors (Lipinski definition) is 8. The van der Waals surface area contributed by atoms with Crippen LogP contribution in [0.1, 0.15) is 12.8 Å². The minimum absolute atomic E-state index is 0.333. The Morgan fingerprint density at radius 3 is 1.55 bits per heavy atom. The third kappa shape index (κ3) is 6.20. The van der Waals surface area contributed by atoms with Gasteiger partial charge in [-0.05, 0) is 13.0 Å². The summed E-state index contributed by atoms with van der Waals surface area (Å²) in [6.45, 7) is -0.333. The van der Waals surface area contributed by atoms with Gasteiger partial charge in [-0.2, -0.15) is 4.31 Å². The fourth-order valence-corrected chi connectivity index (χ4v) is 6.68. The summed E-state index contributed by atoms with van der Waals surface area (Å²) in [6.07, 6.45) is -1.65. The standard InChI is InChI=1S/C4H15NO13P4/c5-3-1-2-4(19(6,7)8,20(9,10)11)17-22(15,16)18-21(12,13)14/h1-3,5H2,(H,15,16)(H2,6,7,8)(H2,9,10,11)(H2,12,13,14). The predicted octanol–water partition coefficient (Wildman–Crippen LogP) is -1.04. The van der Waals surface area contributed by atoms with E-state index >= 15 is 0 Å². The van der Waals surface area contributed by atoms with E-state index in [-0.39, 0.29) is 6.54 Å². The van der Waals surface area contributed by atoms with Gasteiger partial charge in [0.25, 0.3) is 5.08 Å². The topological polar surface area (TPSA) is 254 Å². The van der Waals surface area contributed by atoms with Gasteiger partial charge < -0.3 is 40.0 Å². The number of phosphoric ester groups is 1. The highest BCUT2D eigenvalue weighted by molar-refractivity contribution is 7.73. The summed E-state index contributed by atoms with van der Waals surface area (Å²) < 4.78 is 51.8. The first-order valence-corrected chi connectivity index (χ1v) is 11.3. The molecule has 0 fully saturated rings. The molecule has 1 atom stereocenters. The van der Waals surface area contributed by atoms with Gasteiger partial charge in [0.1, 0.15) is 0 Å². The van der Waals surface area contributed by atoms with Gasteiger partial charge in [0.15, 0.2) is 0 Å². The molecule has 1 unspecified atom stereocenters. The van der Waals surface area contributed by atoms with Crippen molar-refractivity contribution in [3.63, 3.8) is 0 Å². The molecule has 0 bridgehead atoms.